The molecule has 3 heterocycles. The molecule has 1 aliphatic rings. The summed E-state index contributed by atoms with van der Waals surface area (Å²) in [6, 6.07) is 9.73. The third-order valence-electron chi connectivity index (χ3n) is 5.03. The lowest BCUT2D eigenvalue weighted by Gasteiger charge is -2.11. The lowest BCUT2D eigenvalue weighted by atomic mass is 10.3. The monoisotopic (exact) mass is 475 g/mol. The third-order valence-corrected chi connectivity index (χ3v) is 6.49. The molecular formula is C21H25N5O6S. The number of amides is 1. The van der Waals surface area contributed by atoms with Gasteiger partial charge in [-0.25, -0.2) is 22.6 Å². The van der Waals surface area contributed by atoms with Crippen LogP contribution in [0.1, 0.15) is 19.3 Å². The second-order valence-corrected chi connectivity index (χ2v) is 9.21. The van der Waals surface area contributed by atoms with Gasteiger partial charge in [0.05, 0.1) is 18.1 Å². The Morgan fingerprint density at radius 2 is 1.91 bits per heavy atom. The maximum Gasteiger partial charge on any atom is 0.350 e. The lowest BCUT2D eigenvalue weighted by molar-refractivity contribution is -0.120. The molecule has 12 heteroatoms. The Hall–Kier alpha value is -3.38. The van der Waals surface area contributed by atoms with Gasteiger partial charge >= 0.3 is 5.69 Å². The molecule has 0 bridgehead atoms. The minimum absolute atomic E-state index is 0.0158. The topological polar surface area (TPSA) is 133 Å². The number of pyridine rings is 1. The van der Waals surface area contributed by atoms with Gasteiger partial charge in [-0.15, -0.1) is 5.10 Å². The van der Waals surface area contributed by atoms with E-state index in [9.17, 15) is 18.0 Å². The largest absolute Gasteiger partial charge is 0.490 e. The van der Waals surface area contributed by atoms with Gasteiger partial charge in [-0.3, -0.25) is 9.20 Å². The first-order valence-electron chi connectivity index (χ1n) is 10.6. The van der Waals surface area contributed by atoms with Crippen LogP contribution in [0.5, 0.6) is 11.5 Å². The number of ether oxygens (including phenoxy) is 2. The van der Waals surface area contributed by atoms with Crippen molar-refractivity contribution in [3.8, 4) is 11.5 Å². The van der Waals surface area contributed by atoms with Crippen LogP contribution >= 0.6 is 0 Å². The predicted molar refractivity (Wildman–Crippen MR) is 119 cm³/mol. The number of fused-ring (bicyclic) bond motifs is 2. The Morgan fingerprint density at radius 3 is 2.73 bits per heavy atom. The first-order chi connectivity index (χ1) is 15.9. The van der Waals surface area contributed by atoms with Crippen LogP contribution in [0.3, 0.4) is 0 Å². The summed E-state index contributed by atoms with van der Waals surface area (Å²) < 4.78 is 41.3. The van der Waals surface area contributed by atoms with Crippen molar-refractivity contribution in [2.75, 3.05) is 26.3 Å². The first-order valence-corrected chi connectivity index (χ1v) is 12.1. The third kappa shape index (κ3) is 5.52. The molecule has 0 spiro atoms. The summed E-state index contributed by atoms with van der Waals surface area (Å²) in [5.41, 5.74) is 0.327. The second kappa shape index (κ2) is 10.0. The van der Waals surface area contributed by atoms with Crippen molar-refractivity contribution in [3.63, 3.8) is 0 Å². The number of carbonyl (C=O) groups excluding carboxylic acids is 1. The molecule has 2 N–H and O–H groups in total. The number of aromatic nitrogens is 3. The first kappa shape index (κ1) is 22.8. The molecule has 1 aliphatic heterocycles. The highest BCUT2D eigenvalue weighted by molar-refractivity contribution is 7.89. The molecule has 0 fully saturated rings. The van der Waals surface area contributed by atoms with Gasteiger partial charge in [0.1, 0.15) is 0 Å². The highest BCUT2D eigenvalue weighted by Gasteiger charge is 2.19. The molecule has 0 aliphatic carbocycles. The van der Waals surface area contributed by atoms with Crippen molar-refractivity contribution >= 4 is 21.6 Å². The summed E-state index contributed by atoms with van der Waals surface area (Å²) in [5.74, 6) is 0.605. The van der Waals surface area contributed by atoms with Gasteiger partial charge in [-0.05, 0) is 30.7 Å². The van der Waals surface area contributed by atoms with Gasteiger partial charge in [0.15, 0.2) is 17.1 Å². The van der Waals surface area contributed by atoms with Crippen molar-refractivity contribution in [2.24, 2.45) is 0 Å². The standard InChI is InChI=1S/C21H25N5O6S/c27-20(22-9-3-12-26-21(28)25-11-2-1-5-19(25)24-26)8-10-23-33(29,30)16-6-7-17-18(15-16)32-14-4-13-31-17/h1-2,5-7,11,15,23H,3-4,8-10,12-14H2,(H,22,27). The molecule has 176 valence electrons. The molecule has 0 atom stereocenters. The molecule has 1 amide bonds. The highest BCUT2D eigenvalue weighted by Crippen LogP contribution is 2.31. The zero-order chi connectivity index (χ0) is 23.3. The fourth-order valence-electron chi connectivity index (χ4n) is 3.35. The van der Waals surface area contributed by atoms with E-state index < -0.39 is 10.0 Å². The highest BCUT2D eigenvalue weighted by atomic mass is 32.2. The Morgan fingerprint density at radius 1 is 1.09 bits per heavy atom. The molecular weight excluding hydrogens is 450 g/mol. The smallest absolute Gasteiger partial charge is 0.350 e. The summed E-state index contributed by atoms with van der Waals surface area (Å²) >= 11 is 0. The quantitative estimate of drug-likeness (QED) is 0.431. The fourth-order valence-corrected chi connectivity index (χ4v) is 4.40. The average molecular weight is 476 g/mol. The van der Waals surface area contributed by atoms with E-state index in [0.29, 0.717) is 49.9 Å². The van der Waals surface area contributed by atoms with Crippen molar-refractivity contribution in [1.29, 1.82) is 0 Å². The van der Waals surface area contributed by atoms with Crippen molar-refractivity contribution in [1.82, 2.24) is 24.2 Å². The minimum Gasteiger partial charge on any atom is -0.490 e. The number of nitrogens with one attached hydrogen (secondary N) is 2. The van der Waals surface area contributed by atoms with Crippen molar-refractivity contribution in [3.05, 3.63) is 53.1 Å². The van der Waals surface area contributed by atoms with Gasteiger partial charge in [0, 0.05) is 44.7 Å². The summed E-state index contributed by atoms with van der Waals surface area (Å²) in [5, 5.41) is 6.95. The van der Waals surface area contributed by atoms with E-state index in [2.05, 4.69) is 15.1 Å². The molecule has 2 aromatic heterocycles. The van der Waals surface area contributed by atoms with Crippen molar-refractivity contribution < 1.29 is 22.7 Å². The van der Waals surface area contributed by atoms with Crippen LogP contribution in [0.4, 0.5) is 0 Å². The van der Waals surface area contributed by atoms with E-state index >= 15 is 0 Å². The maximum absolute atomic E-state index is 12.5. The lowest BCUT2D eigenvalue weighted by Crippen LogP contribution is -2.32. The van der Waals surface area contributed by atoms with E-state index in [4.69, 9.17) is 9.47 Å². The number of hydrogen-bond acceptors (Lipinski definition) is 7. The van der Waals surface area contributed by atoms with Crippen LogP contribution in [0, 0.1) is 0 Å². The summed E-state index contributed by atoms with van der Waals surface area (Å²) in [4.78, 5) is 24.3. The number of nitrogens with zero attached hydrogens (tertiary/aromatic N) is 3. The normalized spacial score (nSPS) is 13.6. The summed E-state index contributed by atoms with van der Waals surface area (Å²) in [6.07, 6.45) is 2.87. The molecule has 3 aromatic rings. The number of hydrogen-bond donors (Lipinski definition) is 2. The number of carbonyl (C=O) groups is 1. The Balaban J connectivity index is 1.21. The molecule has 4 rings (SSSR count). The fraction of sp³-hybridized carbons (Fsp3) is 0.381. The maximum atomic E-state index is 12.5. The molecule has 33 heavy (non-hydrogen) atoms. The SMILES string of the molecule is O=C(CCNS(=O)(=O)c1ccc2c(c1)OCCCO2)NCCCn1nc2ccccn2c1=O. The Bertz CT molecular complexity index is 1300. The summed E-state index contributed by atoms with van der Waals surface area (Å²) in [7, 11) is -3.79. The molecule has 0 saturated carbocycles. The van der Waals surface area contributed by atoms with E-state index in [1.165, 1.54) is 21.2 Å². The van der Waals surface area contributed by atoms with Gasteiger partial charge in [0.25, 0.3) is 0 Å². The average Bonchev–Trinajstić information content (AvgIpc) is 2.97. The Labute approximate surface area is 190 Å². The zero-order valence-electron chi connectivity index (χ0n) is 17.9. The molecule has 1 aromatic carbocycles. The molecule has 11 nitrogen and oxygen atoms in total. The van der Waals surface area contributed by atoms with Crippen molar-refractivity contribution in [2.45, 2.75) is 30.7 Å². The van der Waals surface area contributed by atoms with Crippen LogP contribution in [0.25, 0.3) is 5.65 Å². The number of sulfonamides is 1. The van der Waals surface area contributed by atoms with E-state index in [1.54, 1.807) is 30.5 Å². The van der Waals surface area contributed by atoms with Gasteiger partial charge < -0.3 is 14.8 Å². The number of rotatable bonds is 9. The predicted octanol–water partition coefficient (Wildman–Crippen LogP) is 0.532. The number of benzene rings is 1. The molecule has 0 saturated heterocycles. The van der Waals surface area contributed by atoms with Gasteiger partial charge in [-0.2, -0.15) is 0 Å². The van der Waals surface area contributed by atoms with Crippen LogP contribution in [-0.2, 0) is 21.4 Å². The molecule has 0 radical (unpaired) electrons. The van der Waals surface area contributed by atoms with E-state index in [0.717, 1.165) is 6.42 Å². The zero-order valence-corrected chi connectivity index (χ0v) is 18.7. The molecule has 0 unspecified atom stereocenters. The van der Waals surface area contributed by atoms with Crippen LogP contribution in [0.2, 0.25) is 0 Å². The summed E-state index contributed by atoms with van der Waals surface area (Å²) in [6.45, 7) is 1.62. The van der Waals surface area contributed by atoms with Gasteiger partial charge in [0.2, 0.25) is 15.9 Å². The van der Waals surface area contributed by atoms with E-state index in [-0.39, 0.29) is 29.5 Å². The van der Waals surface area contributed by atoms with Crippen LogP contribution < -0.4 is 25.2 Å². The van der Waals surface area contributed by atoms with Crippen LogP contribution in [0.15, 0.2) is 52.3 Å². The van der Waals surface area contributed by atoms with Crippen LogP contribution in [-0.4, -0.2) is 54.8 Å². The second-order valence-electron chi connectivity index (χ2n) is 7.44. The van der Waals surface area contributed by atoms with E-state index in [1.807, 2.05) is 0 Å². The number of aryl methyl sites for hydroxylation is 1. The Kier molecular flexibility index (Phi) is 6.94. The van der Waals surface area contributed by atoms with Gasteiger partial charge in [-0.1, -0.05) is 6.07 Å². The minimum atomic E-state index is -3.79.